The number of esters is 1. The highest BCUT2D eigenvalue weighted by Crippen LogP contribution is 2.31. The summed E-state index contributed by atoms with van der Waals surface area (Å²) in [5, 5.41) is 12.0. The summed E-state index contributed by atoms with van der Waals surface area (Å²) in [5.74, 6) is 0.0728. The highest BCUT2D eigenvalue weighted by molar-refractivity contribution is 6.36. The first-order chi connectivity index (χ1) is 15.9. The zero-order chi connectivity index (χ0) is 23.4. The minimum Gasteiger partial charge on any atom is -0.468 e. The average Bonchev–Trinajstić information content (AvgIpc) is 3.21. The van der Waals surface area contributed by atoms with E-state index in [9.17, 15) is 9.90 Å². The van der Waals surface area contributed by atoms with Crippen LogP contribution < -0.4 is 0 Å². The van der Waals surface area contributed by atoms with Crippen molar-refractivity contribution in [1.29, 1.82) is 0 Å². The molecule has 0 spiro atoms. The first kappa shape index (κ1) is 23.1. The minimum atomic E-state index is -1.17. The Labute approximate surface area is 202 Å². The summed E-state index contributed by atoms with van der Waals surface area (Å²) in [5.41, 5.74) is 2.25. The van der Waals surface area contributed by atoms with Gasteiger partial charge < -0.3 is 14.4 Å². The topological polar surface area (TPSA) is 64.4 Å². The molecule has 1 atom stereocenters. The molecule has 168 valence electrons. The Morgan fingerprint density at radius 1 is 1.24 bits per heavy atom. The van der Waals surface area contributed by atoms with Crippen molar-refractivity contribution in [3.8, 4) is 11.3 Å². The zero-order valence-electron chi connectivity index (χ0n) is 17.9. The normalized spacial score (nSPS) is 17.9. The van der Waals surface area contributed by atoms with Gasteiger partial charge in [-0.1, -0.05) is 65.7 Å². The molecule has 0 saturated carbocycles. The molecular formula is C26H22Cl2N2O3. The molecule has 2 aromatic carbocycles. The maximum absolute atomic E-state index is 11.9. The standard InChI is InChI=1S/C26H22Cl2N2O3/c1-33-25(31)17-30-16-23(21-8-7-20(27)15-22(21)28)29-24(30)11-14-26(32)12-9-19(10-13-26)18-5-3-2-4-6-18/h2-12,14-16,32H,13,17H2,1H3/b14-11+. The number of ether oxygens (including phenoxy) is 1. The number of carbonyl (C=O) groups excluding carboxylic acids is 1. The van der Waals surface area contributed by atoms with E-state index in [0.29, 0.717) is 33.5 Å². The fraction of sp³-hybridized carbons (Fsp3) is 0.154. The predicted octanol–water partition coefficient (Wildman–Crippen LogP) is 5.82. The number of halogens is 2. The van der Waals surface area contributed by atoms with Crippen LogP contribution in [0.1, 0.15) is 17.8 Å². The molecule has 33 heavy (non-hydrogen) atoms. The van der Waals surface area contributed by atoms with E-state index in [1.54, 1.807) is 47.2 Å². The number of benzene rings is 2. The monoisotopic (exact) mass is 480 g/mol. The van der Waals surface area contributed by atoms with Crippen LogP contribution in [0, 0.1) is 0 Å². The predicted molar refractivity (Wildman–Crippen MR) is 132 cm³/mol. The van der Waals surface area contributed by atoms with E-state index in [1.807, 2.05) is 42.5 Å². The number of imidazole rings is 1. The summed E-state index contributed by atoms with van der Waals surface area (Å²) in [7, 11) is 1.33. The SMILES string of the molecule is COC(=O)Cn1cc(-c2ccc(Cl)cc2Cl)nc1/C=C/C1(O)C=CC(c2ccccc2)=CC1. The van der Waals surface area contributed by atoms with Crippen LogP contribution in [0.4, 0.5) is 0 Å². The molecule has 1 N–H and O–H groups in total. The van der Waals surface area contributed by atoms with Crippen LogP contribution in [-0.2, 0) is 16.1 Å². The summed E-state index contributed by atoms with van der Waals surface area (Å²) in [4.78, 5) is 16.6. The van der Waals surface area contributed by atoms with Gasteiger partial charge in [-0.15, -0.1) is 0 Å². The molecule has 3 aromatic rings. The number of hydrogen-bond acceptors (Lipinski definition) is 4. The number of nitrogens with zero attached hydrogens (tertiary/aromatic N) is 2. The lowest BCUT2D eigenvalue weighted by Gasteiger charge is -2.23. The van der Waals surface area contributed by atoms with Gasteiger partial charge in [0.05, 0.1) is 17.8 Å². The van der Waals surface area contributed by atoms with Crippen molar-refractivity contribution in [2.75, 3.05) is 7.11 Å². The average molecular weight is 481 g/mol. The van der Waals surface area contributed by atoms with Crippen LogP contribution in [0.2, 0.25) is 10.0 Å². The molecule has 5 nitrogen and oxygen atoms in total. The van der Waals surface area contributed by atoms with Crippen LogP contribution in [-0.4, -0.2) is 33.3 Å². The maximum Gasteiger partial charge on any atom is 0.325 e. The lowest BCUT2D eigenvalue weighted by atomic mass is 9.89. The zero-order valence-corrected chi connectivity index (χ0v) is 19.4. The first-order valence-corrected chi connectivity index (χ1v) is 11.1. The molecule has 1 aliphatic rings. The fourth-order valence-electron chi connectivity index (χ4n) is 3.55. The van der Waals surface area contributed by atoms with Gasteiger partial charge in [0.1, 0.15) is 18.0 Å². The lowest BCUT2D eigenvalue weighted by molar-refractivity contribution is -0.141. The molecule has 0 amide bonds. The molecule has 0 radical (unpaired) electrons. The molecule has 1 aliphatic carbocycles. The largest absolute Gasteiger partial charge is 0.468 e. The van der Waals surface area contributed by atoms with Crippen molar-refractivity contribution in [3.63, 3.8) is 0 Å². The van der Waals surface area contributed by atoms with Gasteiger partial charge in [-0.25, -0.2) is 4.98 Å². The second-order valence-corrected chi connectivity index (χ2v) is 8.54. The Bertz CT molecular complexity index is 1260. The van der Waals surface area contributed by atoms with Gasteiger partial charge in [0.25, 0.3) is 0 Å². The molecule has 7 heteroatoms. The van der Waals surface area contributed by atoms with Gasteiger partial charge in [0.2, 0.25) is 0 Å². The highest BCUT2D eigenvalue weighted by Gasteiger charge is 2.23. The van der Waals surface area contributed by atoms with E-state index in [0.717, 1.165) is 11.1 Å². The Kier molecular flexibility index (Phi) is 6.84. The van der Waals surface area contributed by atoms with Gasteiger partial charge in [-0.3, -0.25) is 4.79 Å². The third-order valence-corrected chi connectivity index (χ3v) is 5.92. The summed E-state index contributed by atoms with van der Waals surface area (Å²) in [6.07, 6.45) is 11.2. The van der Waals surface area contributed by atoms with Crippen LogP contribution in [0.15, 0.2) is 79.0 Å². The van der Waals surface area contributed by atoms with E-state index in [4.69, 9.17) is 27.9 Å². The maximum atomic E-state index is 11.9. The number of aromatic nitrogens is 2. The number of rotatable bonds is 6. The van der Waals surface area contributed by atoms with Gasteiger partial charge in [0.15, 0.2) is 0 Å². The van der Waals surface area contributed by atoms with Crippen molar-refractivity contribution in [3.05, 3.63) is 100 Å². The van der Waals surface area contributed by atoms with Crippen LogP contribution in [0.5, 0.6) is 0 Å². The highest BCUT2D eigenvalue weighted by atomic mass is 35.5. The second kappa shape index (κ2) is 9.79. The Morgan fingerprint density at radius 3 is 2.70 bits per heavy atom. The number of allylic oxidation sites excluding steroid dienone is 2. The number of aliphatic hydroxyl groups is 1. The number of methoxy groups -OCH3 is 1. The molecular weight excluding hydrogens is 459 g/mol. The molecule has 0 saturated heterocycles. The molecule has 4 rings (SSSR count). The second-order valence-electron chi connectivity index (χ2n) is 7.70. The van der Waals surface area contributed by atoms with Gasteiger partial charge in [-0.2, -0.15) is 0 Å². The van der Waals surface area contributed by atoms with Crippen LogP contribution >= 0.6 is 23.2 Å². The number of hydrogen-bond donors (Lipinski definition) is 1. The number of carbonyl (C=O) groups is 1. The van der Waals surface area contributed by atoms with E-state index in [-0.39, 0.29) is 6.54 Å². The summed E-state index contributed by atoms with van der Waals surface area (Å²) >= 11 is 12.4. The Balaban J connectivity index is 1.61. The fourth-order valence-corrected chi connectivity index (χ4v) is 4.06. The quantitative estimate of drug-likeness (QED) is 0.451. The molecule has 0 aliphatic heterocycles. The lowest BCUT2D eigenvalue weighted by Crippen LogP contribution is -2.23. The third kappa shape index (κ3) is 5.45. The molecule has 0 bridgehead atoms. The summed E-state index contributed by atoms with van der Waals surface area (Å²) in [6, 6.07) is 15.1. The minimum absolute atomic E-state index is 0.0271. The van der Waals surface area contributed by atoms with E-state index in [1.165, 1.54) is 7.11 Å². The van der Waals surface area contributed by atoms with Crippen molar-refractivity contribution < 1.29 is 14.6 Å². The van der Waals surface area contributed by atoms with Crippen LogP contribution in [0.25, 0.3) is 22.9 Å². The smallest absolute Gasteiger partial charge is 0.325 e. The van der Waals surface area contributed by atoms with Gasteiger partial charge in [-0.05, 0) is 47.6 Å². The van der Waals surface area contributed by atoms with E-state index >= 15 is 0 Å². The first-order valence-electron chi connectivity index (χ1n) is 10.3. The van der Waals surface area contributed by atoms with E-state index in [2.05, 4.69) is 4.98 Å². The van der Waals surface area contributed by atoms with Gasteiger partial charge >= 0.3 is 5.97 Å². The molecule has 1 unspecified atom stereocenters. The van der Waals surface area contributed by atoms with Crippen molar-refractivity contribution in [2.45, 2.75) is 18.6 Å². The van der Waals surface area contributed by atoms with Gasteiger partial charge in [0, 0.05) is 23.2 Å². The van der Waals surface area contributed by atoms with Crippen LogP contribution in [0.3, 0.4) is 0 Å². The Morgan fingerprint density at radius 2 is 2.03 bits per heavy atom. The third-order valence-electron chi connectivity index (χ3n) is 5.37. The summed E-state index contributed by atoms with van der Waals surface area (Å²) in [6.45, 7) is -0.0271. The Hall–Kier alpha value is -3.12. The van der Waals surface area contributed by atoms with Crippen molar-refractivity contribution in [1.82, 2.24) is 9.55 Å². The molecule has 1 aromatic heterocycles. The van der Waals surface area contributed by atoms with Crippen molar-refractivity contribution in [2.24, 2.45) is 0 Å². The summed E-state index contributed by atoms with van der Waals surface area (Å²) < 4.78 is 6.46. The molecule has 0 fully saturated rings. The van der Waals surface area contributed by atoms with Crippen molar-refractivity contribution >= 4 is 40.8 Å². The molecule has 1 heterocycles. The van der Waals surface area contributed by atoms with E-state index < -0.39 is 11.6 Å².